The zero-order valence-electron chi connectivity index (χ0n) is 16.3. The minimum atomic E-state index is -4.69. The number of halogens is 3. The third-order valence-corrected chi connectivity index (χ3v) is 6.77. The first-order valence-corrected chi connectivity index (χ1v) is 10.7. The molecule has 1 aliphatic heterocycles. The van der Waals surface area contributed by atoms with Crippen LogP contribution in [0.2, 0.25) is 0 Å². The van der Waals surface area contributed by atoms with E-state index in [4.69, 9.17) is 0 Å². The number of hydrogen-bond donors (Lipinski definition) is 0. The Bertz CT molecular complexity index is 1430. The van der Waals surface area contributed by atoms with Gasteiger partial charge in [0.1, 0.15) is 0 Å². The van der Waals surface area contributed by atoms with E-state index < -0.39 is 39.4 Å². The molecule has 4 rings (SSSR count). The molecule has 2 amide bonds. The van der Waals surface area contributed by atoms with Crippen molar-refractivity contribution < 1.29 is 41.1 Å². The fraction of sp³-hybridized carbons (Fsp3) is 0.0455. The standard InChI is InChI=1S/C22H12F3NO6S/c23-22(24,25)13-2-1-3-14(10-13)26-19(27)17-9-8-16(11-18(17)20(26)28)33(31,32)15-6-4-12(5-7-15)21(29)30/h1-11H,(H,29,30)/p-1. The average molecular weight is 474 g/mol. The predicted octanol–water partition coefficient (Wildman–Crippen LogP) is 2.70. The quantitative estimate of drug-likeness (QED) is 0.538. The van der Waals surface area contributed by atoms with Crippen molar-refractivity contribution in [3.8, 4) is 0 Å². The van der Waals surface area contributed by atoms with Gasteiger partial charge in [0, 0.05) is 0 Å². The van der Waals surface area contributed by atoms with Gasteiger partial charge in [-0.2, -0.15) is 13.2 Å². The lowest BCUT2D eigenvalue weighted by atomic mass is 10.1. The Hall–Kier alpha value is -3.99. The van der Waals surface area contributed by atoms with Gasteiger partial charge in [-0.3, -0.25) is 9.59 Å². The highest BCUT2D eigenvalue weighted by molar-refractivity contribution is 7.91. The number of sulfone groups is 1. The molecule has 3 aromatic rings. The first-order valence-electron chi connectivity index (χ1n) is 9.18. The van der Waals surface area contributed by atoms with E-state index in [0.29, 0.717) is 11.0 Å². The molecule has 0 aliphatic carbocycles. The number of amides is 2. The second kappa shape index (κ2) is 7.55. The Morgan fingerprint density at radius 2 is 1.42 bits per heavy atom. The number of imide groups is 1. The Morgan fingerprint density at radius 1 is 0.818 bits per heavy atom. The molecule has 168 valence electrons. The van der Waals surface area contributed by atoms with Crippen molar-refractivity contribution in [1.82, 2.24) is 0 Å². The third-order valence-electron chi connectivity index (χ3n) is 5.00. The molecule has 0 spiro atoms. The van der Waals surface area contributed by atoms with Crippen LogP contribution in [0.1, 0.15) is 36.6 Å². The first kappa shape index (κ1) is 22.2. The summed E-state index contributed by atoms with van der Waals surface area (Å²) >= 11 is 0. The lowest BCUT2D eigenvalue weighted by Crippen LogP contribution is -2.29. The SMILES string of the molecule is O=C([O-])c1ccc(S(=O)(=O)c2ccc3c(c2)C(=O)N(c2cccc(C(F)(F)F)c2)C3=O)cc1. The van der Waals surface area contributed by atoms with Gasteiger partial charge in [-0.25, -0.2) is 13.3 Å². The molecule has 0 radical (unpaired) electrons. The summed E-state index contributed by atoms with van der Waals surface area (Å²) in [6.07, 6.45) is -4.69. The van der Waals surface area contributed by atoms with Crippen LogP contribution in [0, 0.1) is 0 Å². The number of anilines is 1. The number of benzene rings is 3. The normalized spacial score (nSPS) is 13.8. The van der Waals surface area contributed by atoms with E-state index in [2.05, 4.69) is 0 Å². The summed E-state index contributed by atoms with van der Waals surface area (Å²) in [6.45, 7) is 0. The summed E-state index contributed by atoms with van der Waals surface area (Å²) in [5.41, 5.74) is -2.05. The molecule has 0 saturated carbocycles. The molecule has 3 aromatic carbocycles. The minimum Gasteiger partial charge on any atom is -0.545 e. The van der Waals surface area contributed by atoms with E-state index in [-0.39, 0.29) is 32.2 Å². The van der Waals surface area contributed by atoms with E-state index in [1.165, 1.54) is 0 Å². The number of rotatable bonds is 4. The van der Waals surface area contributed by atoms with Crippen LogP contribution in [0.15, 0.2) is 76.5 Å². The summed E-state index contributed by atoms with van der Waals surface area (Å²) in [5.74, 6) is -3.36. The van der Waals surface area contributed by atoms with Crippen LogP contribution in [0.5, 0.6) is 0 Å². The third kappa shape index (κ3) is 3.76. The van der Waals surface area contributed by atoms with Gasteiger partial charge in [0.15, 0.2) is 0 Å². The lowest BCUT2D eigenvalue weighted by molar-refractivity contribution is -0.255. The molecule has 0 N–H and O–H groups in total. The molecule has 7 nitrogen and oxygen atoms in total. The van der Waals surface area contributed by atoms with Gasteiger partial charge < -0.3 is 9.90 Å². The van der Waals surface area contributed by atoms with Crippen LogP contribution in [-0.2, 0) is 16.0 Å². The van der Waals surface area contributed by atoms with Gasteiger partial charge >= 0.3 is 6.18 Å². The zero-order chi connectivity index (χ0) is 24.1. The Balaban J connectivity index is 1.73. The highest BCUT2D eigenvalue weighted by Crippen LogP contribution is 2.35. The average Bonchev–Trinajstić information content (AvgIpc) is 3.03. The monoisotopic (exact) mass is 474 g/mol. The van der Waals surface area contributed by atoms with Gasteiger partial charge in [-0.15, -0.1) is 0 Å². The second-order valence-electron chi connectivity index (χ2n) is 7.02. The van der Waals surface area contributed by atoms with Crippen molar-refractivity contribution in [3.05, 3.63) is 89.0 Å². The summed E-state index contributed by atoms with van der Waals surface area (Å²) in [7, 11) is -4.20. The van der Waals surface area contributed by atoms with Crippen molar-refractivity contribution in [3.63, 3.8) is 0 Å². The lowest BCUT2D eigenvalue weighted by Gasteiger charge is -2.16. The summed E-state index contributed by atoms with van der Waals surface area (Å²) in [6, 6.07) is 11.0. The number of alkyl halides is 3. The van der Waals surface area contributed by atoms with Gasteiger partial charge in [-0.1, -0.05) is 18.2 Å². The van der Waals surface area contributed by atoms with Crippen LogP contribution in [-0.4, -0.2) is 26.2 Å². The Kier molecular flexibility index (Phi) is 5.08. The van der Waals surface area contributed by atoms with Gasteiger partial charge in [0.25, 0.3) is 11.8 Å². The minimum absolute atomic E-state index is 0.163. The fourth-order valence-corrected chi connectivity index (χ4v) is 4.64. The van der Waals surface area contributed by atoms with Gasteiger partial charge in [-0.05, 0) is 54.1 Å². The molecule has 1 aliphatic rings. The van der Waals surface area contributed by atoms with E-state index in [0.717, 1.165) is 60.7 Å². The molecule has 11 heteroatoms. The van der Waals surface area contributed by atoms with Crippen LogP contribution in [0.3, 0.4) is 0 Å². The Labute approximate surface area is 184 Å². The number of carbonyl (C=O) groups excluding carboxylic acids is 3. The van der Waals surface area contributed by atoms with Gasteiger partial charge in [0.2, 0.25) is 9.84 Å². The summed E-state index contributed by atoms with van der Waals surface area (Å²) < 4.78 is 64.9. The number of nitrogens with zero attached hydrogens (tertiary/aromatic N) is 1. The van der Waals surface area contributed by atoms with E-state index in [1.807, 2.05) is 0 Å². The predicted molar refractivity (Wildman–Crippen MR) is 105 cm³/mol. The molecule has 0 saturated heterocycles. The molecule has 0 bridgehead atoms. The number of aromatic carboxylic acids is 1. The summed E-state index contributed by atoms with van der Waals surface area (Å²) in [4.78, 5) is 36.4. The number of hydrogen-bond acceptors (Lipinski definition) is 6. The fourth-order valence-electron chi connectivity index (χ4n) is 3.35. The number of carboxylic acid groups (broad SMARTS) is 1. The molecule has 33 heavy (non-hydrogen) atoms. The molecule has 0 atom stereocenters. The van der Waals surface area contributed by atoms with Crippen molar-refractivity contribution >= 4 is 33.3 Å². The molecule has 0 fully saturated rings. The van der Waals surface area contributed by atoms with Crippen LogP contribution in [0.4, 0.5) is 18.9 Å². The molecule has 1 heterocycles. The number of carbonyl (C=O) groups is 3. The number of fused-ring (bicyclic) bond motifs is 1. The van der Waals surface area contributed by atoms with Crippen molar-refractivity contribution in [1.29, 1.82) is 0 Å². The van der Waals surface area contributed by atoms with E-state index in [1.54, 1.807) is 0 Å². The molecule has 0 unspecified atom stereocenters. The zero-order valence-corrected chi connectivity index (χ0v) is 17.1. The van der Waals surface area contributed by atoms with Crippen LogP contribution < -0.4 is 10.0 Å². The maximum absolute atomic E-state index is 13.0. The van der Waals surface area contributed by atoms with Crippen molar-refractivity contribution in [2.75, 3.05) is 4.90 Å². The maximum Gasteiger partial charge on any atom is 0.416 e. The maximum atomic E-state index is 13.0. The molecule has 0 aromatic heterocycles. The van der Waals surface area contributed by atoms with Crippen molar-refractivity contribution in [2.45, 2.75) is 16.0 Å². The first-order chi connectivity index (χ1) is 15.4. The Morgan fingerprint density at radius 3 is 2.03 bits per heavy atom. The highest BCUT2D eigenvalue weighted by atomic mass is 32.2. The second-order valence-corrected chi connectivity index (χ2v) is 8.97. The smallest absolute Gasteiger partial charge is 0.416 e. The largest absolute Gasteiger partial charge is 0.545 e. The molecular weight excluding hydrogens is 463 g/mol. The van der Waals surface area contributed by atoms with Crippen LogP contribution in [0.25, 0.3) is 0 Å². The highest BCUT2D eigenvalue weighted by Gasteiger charge is 2.39. The van der Waals surface area contributed by atoms with Crippen molar-refractivity contribution in [2.24, 2.45) is 0 Å². The molecular formula is C22H11F3NO6S-. The van der Waals surface area contributed by atoms with Gasteiger partial charge in [0.05, 0.1) is 38.1 Å². The van der Waals surface area contributed by atoms with Crippen LogP contribution >= 0.6 is 0 Å². The van der Waals surface area contributed by atoms with E-state index >= 15 is 0 Å². The summed E-state index contributed by atoms with van der Waals surface area (Å²) in [5, 5.41) is 10.9. The number of carboxylic acids is 1. The van der Waals surface area contributed by atoms with E-state index in [9.17, 15) is 41.1 Å². The topological polar surface area (TPSA) is 112 Å².